The number of benzene rings is 1. The first-order chi connectivity index (χ1) is 9.79. The van der Waals surface area contributed by atoms with Gasteiger partial charge in [-0.25, -0.2) is 9.97 Å². The highest BCUT2D eigenvalue weighted by Crippen LogP contribution is 2.28. The van der Waals surface area contributed by atoms with Gasteiger partial charge in [-0.3, -0.25) is 4.98 Å². The van der Waals surface area contributed by atoms with Crippen molar-refractivity contribution in [3.05, 3.63) is 48.3 Å². The summed E-state index contributed by atoms with van der Waals surface area (Å²) in [4.78, 5) is 13.4. The summed E-state index contributed by atoms with van der Waals surface area (Å²) in [6.07, 6.45) is 3.66. The van der Waals surface area contributed by atoms with Crippen LogP contribution < -0.4 is 5.32 Å². The van der Waals surface area contributed by atoms with Gasteiger partial charge in [0.15, 0.2) is 0 Å². The van der Waals surface area contributed by atoms with Crippen molar-refractivity contribution in [2.75, 3.05) is 11.9 Å². The predicted molar refractivity (Wildman–Crippen MR) is 81.7 cm³/mol. The Morgan fingerprint density at radius 1 is 1.10 bits per heavy atom. The van der Waals surface area contributed by atoms with Gasteiger partial charge in [0.05, 0.1) is 11.2 Å². The van der Waals surface area contributed by atoms with Crippen molar-refractivity contribution in [1.82, 2.24) is 15.0 Å². The third-order valence-corrected chi connectivity index (χ3v) is 3.19. The Balaban J connectivity index is 2.22. The Hall–Kier alpha value is -2.49. The standard InChI is InChI=1S/C16H16N4/c1-3-17-16-19-10-11(2)14(20-16)13-8-4-6-12-7-5-9-18-15(12)13/h4-10H,3H2,1-2H3,(H,17,19,20). The highest BCUT2D eigenvalue weighted by molar-refractivity contribution is 5.93. The molecule has 0 spiro atoms. The van der Waals surface area contributed by atoms with Crippen molar-refractivity contribution in [3.8, 4) is 11.3 Å². The van der Waals surface area contributed by atoms with E-state index in [1.807, 2.05) is 38.4 Å². The minimum Gasteiger partial charge on any atom is -0.354 e. The van der Waals surface area contributed by atoms with Crippen LogP contribution in [0.5, 0.6) is 0 Å². The molecular formula is C16H16N4. The van der Waals surface area contributed by atoms with Crippen LogP contribution in [0.3, 0.4) is 0 Å². The molecule has 0 unspecified atom stereocenters. The molecule has 4 heteroatoms. The summed E-state index contributed by atoms with van der Waals surface area (Å²) in [5.41, 5.74) is 3.99. The lowest BCUT2D eigenvalue weighted by atomic mass is 10.0. The summed E-state index contributed by atoms with van der Waals surface area (Å²) in [6.45, 7) is 4.85. The Labute approximate surface area is 117 Å². The first kappa shape index (κ1) is 12.5. The molecule has 0 bridgehead atoms. The van der Waals surface area contributed by atoms with E-state index in [9.17, 15) is 0 Å². The zero-order chi connectivity index (χ0) is 13.9. The van der Waals surface area contributed by atoms with Crippen LogP contribution in [0.1, 0.15) is 12.5 Å². The molecule has 2 heterocycles. The van der Waals surface area contributed by atoms with Crippen LogP contribution in [0.15, 0.2) is 42.7 Å². The minimum absolute atomic E-state index is 0.654. The molecule has 20 heavy (non-hydrogen) atoms. The number of aryl methyl sites for hydroxylation is 1. The van der Waals surface area contributed by atoms with E-state index in [1.54, 1.807) is 0 Å². The molecule has 1 N–H and O–H groups in total. The number of pyridine rings is 1. The molecule has 0 aliphatic heterocycles. The highest BCUT2D eigenvalue weighted by atomic mass is 15.1. The summed E-state index contributed by atoms with van der Waals surface area (Å²) >= 11 is 0. The van der Waals surface area contributed by atoms with E-state index in [2.05, 4.69) is 38.5 Å². The normalized spacial score (nSPS) is 10.7. The molecule has 3 rings (SSSR count). The SMILES string of the molecule is CCNc1ncc(C)c(-c2cccc3cccnc23)n1. The molecule has 0 fully saturated rings. The fourth-order valence-corrected chi connectivity index (χ4v) is 2.25. The first-order valence-corrected chi connectivity index (χ1v) is 6.71. The summed E-state index contributed by atoms with van der Waals surface area (Å²) in [6, 6.07) is 10.2. The van der Waals surface area contributed by atoms with Gasteiger partial charge in [0.2, 0.25) is 5.95 Å². The molecule has 2 aromatic heterocycles. The Morgan fingerprint density at radius 3 is 2.80 bits per heavy atom. The van der Waals surface area contributed by atoms with Crippen molar-refractivity contribution >= 4 is 16.9 Å². The fourth-order valence-electron chi connectivity index (χ4n) is 2.25. The number of nitrogens with zero attached hydrogens (tertiary/aromatic N) is 3. The van der Waals surface area contributed by atoms with Crippen LogP contribution in [0.4, 0.5) is 5.95 Å². The van der Waals surface area contributed by atoms with Crippen LogP contribution in [-0.4, -0.2) is 21.5 Å². The second kappa shape index (κ2) is 5.25. The Bertz CT molecular complexity index is 747. The summed E-state index contributed by atoms with van der Waals surface area (Å²) < 4.78 is 0. The van der Waals surface area contributed by atoms with Crippen molar-refractivity contribution < 1.29 is 0 Å². The van der Waals surface area contributed by atoms with Crippen molar-refractivity contribution in [2.24, 2.45) is 0 Å². The average molecular weight is 264 g/mol. The third-order valence-electron chi connectivity index (χ3n) is 3.19. The third kappa shape index (κ3) is 2.20. The van der Waals surface area contributed by atoms with Gasteiger partial charge in [0.25, 0.3) is 0 Å². The zero-order valence-electron chi connectivity index (χ0n) is 11.6. The zero-order valence-corrected chi connectivity index (χ0v) is 11.6. The van der Waals surface area contributed by atoms with Gasteiger partial charge in [0, 0.05) is 29.9 Å². The lowest BCUT2D eigenvalue weighted by Gasteiger charge is -2.10. The van der Waals surface area contributed by atoms with Gasteiger partial charge in [-0.1, -0.05) is 24.3 Å². The predicted octanol–water partition coefficient (Wildman–Crippen LogP) is 3.43. The highest BCUT2D eigenvalue weighted by Gasteiger charge is 2.10. The molecular weight excluding hydrogens is 248 g/mol. The van der Waals surface area contributed by atoms with Crippen LogP contribution in [0.2, 0.25) is 0 Å². The molecule has 0 saturated heterocycles. The lowest BCUT2D eigenvalue weighted by Crippen LogP contribution is -2.03. The maximum absolute atomic E-state index is 4.62. The number of rotatable bonds is 3. The van der Waals surface area contributed by atoms with Crippen molar-refractivity contribution in [2.45, 2.75) is 13.8 Å². The van der Waals surface area contributed by atoms with Crippen LogP contribution in [0.25, 0.3) is 22.2 Å². The molecule has 3 aromatic rings. The topological polar surface area (TPSA) is 50.7 Å². The Kier molecular flexibility index (Phi) is 3.29. The number of para-hydroxylation sites is 1. The van der Waals surface area contributed by atoms with E-state index < -0.39 is 0 Å². The van der Waals surface area contributed by atoms with Gasteiger partial charge in [-0.2, -0.15) is 0 Å². The number of fused-ring (bicyclic) bond motifs is 1. The van der Waals surface area contributed by atoms with Gasteiger partial charge in [-0.05, 0) is 25.5 Å². The summed E-state index contributed by atoms with van der Waals surface area (Å²) in [5, 5.41) is 4.27. The van der Waals surface area contributed by atoms with Gasteiger partial charge < -0.3 is 5.32 Å². The molecule has 100 valence electrons. The van der Waals surface area contributed by atoms with E-state index in [1.165, 1.54) is 0 Å². The first-order valence-electron chi connectivity index (χ1n) is 6.71. The van der Waals surface area contributed by atoms with E-state index >= 15 is 0 Å². The molecule has 0 atom stereocenters. The van der Waals surface area contributed by atoms with Crippen LogP contribution in [0, 0.1) is 6.92 Å². The molecule has 0 radical (unpaired) electrons. The molecule has 0 aliphatic rings. The second-order valence-electron chi connectivity index (χ2n) is 4.64. The fraction of sp³-hybridized carbons (Fsp3) is 0.188. The van der Waals surface area contributed by atoms with Crippen LogP contribution >= 0.6 is 0 Å². The number of nitrogens with one attached hydrogen (secondary N) is 1. The Morgan fingerprint density at radius 2 is 1.95 bits per heavy atom. The molecule has 1 aromatic carbocycles. The van der Waals surface area contributed by atoms with Crippen molar-refractivity contribution in [1.29, 1.82) is 0 Å². The van der Waals surface area contributed by atoms with E-state index in [0.717, 1.165) is 34.3 Å². The number of anilines is 1. The maximum atomic E-state index is 4.62. The summed E-state index contributed by atoms with van der Waals surface area (Å²) in [5.74, 6) is 0.654. The van der Waals surface area contributed by atoms with E-state index in [0.29, 0.717) is 5.95 Å². The lowest BCUT2D eigenvalue weighted by molar-refractivity contribution is 1.07. The summed E-state index contributed by atoms with van der Waals surface area (Å²) in [7, 11) is 0. The van der Waals surface area contributed by atoms with E-state index in [4.69, 9.17) is 0 Å². The maximum Gasteiger partial charge on any atom is 0.223 e. The number of hydrogen-bond acceptors (Lipinski definition) is 4. The number of hydrogen-bond donors (Lipinski definition) is 1. The van der Waals surface area contributed by atoms with Crippen LogP contribution in [-0.2, 0) is 0 Å². The van der Waals surface area contributed by atoms with Gasteiger partial charge in [0.1, 0.15) is 0 Å². The van der Waals surface area contributed by atoms with Gasteiger partial charge in [-0.15, -0.1) is 0 Å². The van der Waals surface area contributed by atoms with E-state index in [-0.39, 0.29) is 0 Å². The monoisotopic (exact) mass is 264 g/mol. The average Bonchev–Trinajstić information content (AvgIpc) is 2.49. The quantitative estimate of drug-likeness (QED) is 0.787. The smallest absolute Gasteiger partial charge is 0.223 e. The van der Waals surface area contributed by atoms with Gasteiger partial charge >= 0.3 is 0 Å². The number of aromatic nitrogens is 3. The molecule has 0 saturated carbocycles. The molecule has 4 nitrogen and oxygen atoms in total. The molecule has 0 aliphatic carbocycles. The van der Waals surface area contributed by atoms with Crippen molar-refractivity contribution in [3.63, 3.8) is 0 Å². The minimum atomic E-state index is 0.654. The largest absolute Gasteiger partial charge is 0.354 e. The second-order valence-corrected chi connectivity index (χ2v) is 4.64. The molecule has 0 amide bonds.